The van der Waals surface area contributed by atoms with Crippen LogP contribution in [-0.4, -0.2) is 23.7 Å². The Morgan fingerprint density at radius 1 is 1.21 bits per heavy atom. The Labute approximate surface area is 142 Å². The normalized spacial score (nSPS) is 9.54. The van der Waals surface area contributed by atoms with Gasteiger partial charge in [0.25, 0.3) is 0 Å². The lowest BCUT2D eigenvalue weighted by Gasteiger charge is -2.20. The molecule has 0 aliphatic rings. The fourth-order valence-corrected chi connectivity index (χ4v) is 1.36. The Hall–Kier alpha value is -2.38. The number of ether oxygens (including phenoxy) is 2. The van der Waals surface area contributed by atoms with E-state index in [1.54, 1.807) is 20.8 Å². The van der Waals surface area contributed by atoms with Crippen LogP contribution in [-0.2, 0) is 4.74 Å². The summed E-state index contributed by atoms with van der Waals surface area (Å²) in [6.07, 6.45) is -0.822. The lowest BCUT2D eigenvalue weighted by molar-refractivity contribution is -0.387. The van der Waals surface area contributed by atoms with Crippen LogP contribution >= 0.6 is 0 Å². The van der Waals surface area contributed by atoms with Crippen molar-refractivity contribution < 1.29 is 23.6 Å². The van der Waals surface area contributed by atoms with Crippen molar-refractivity contribution in [3.05, 3.63) is 28.1 Å². The highest BCUT2D eigenvalue weighted by atomic mass is 19.1. The molecule has 24 heavy (non-hydrogen) atoms. The molecule has 0 aromatic heterocycles. The maximum atomic E-state index is 13.4. The summed E-state index contributed by atoms with van der Waals surface area (Å²) in [7, 11) is 1.25. The second-order valence-corrected chi connectivity index (χ2v) is 4.89. The lowest BCUT2D eigenvalue weighted by atomic mass is 10.2. The Kier molecular flexibility index (Phi) is 11.1. The number of hydrogen-bond acceptors (Lipinski definition) is 5. The van der Waals surface area contributed by atoms with E-state index in [0.29, 0.717) is 0 Å². The number of hydrogen-bond donors (Lipinski definition) is 1. The van der Waals surface area contributed by atoms with E-state index in [2.05, 4.69) is 5.32 Å². The third-order valence-corrected chi connectivity index (χ3v) is 2.10. The van der Waals surface area contributed by atoms with Gasteiger partial charge in [-0.05, 0) is 20.8 Å². The standard InChI is InChI=1S/C12H15FN2O5.2C2H6/c1-12(2,3)20-11(16)14-8-6-9(15(17)18)7(13)5-10(8)19-4;2*1-2/h5-6H,1-4H3,(H,14,16);2*1-2H3. The highest BCUT2D eigenvalue weighted by molar-refractivity contribution is 5.87. The number of methoxy groups -OCH3 is 1. The number of nitro groups is 1. The van der Waals surface area contributed by atoms with E-state index in [1.165, 1.54) is 7.11 Å². The molecule has 138 valence electrons. The molecule has 0 unspecified atom stereocenters. The molecule has 0 aliphatic heterocycles. The summed E-state index contributed by atoms with van der Waals surface area (Å²) >= 11 is 0. The minimum atomic E-state index is -1.05. The van der Waals surface area contributed by atoms with E-state index >= 15 is 0 Å². The van der Waals surface area contributed by atoms with Crippen LogP contribution in [0.2, 0.25) is 0 Å². The molecule has 0 atom stereocenters. The number of nitrogens with one attached hydrogen (secondary N) is 1. The zero-order valence-electron chi connectivity index (χ0n) is 15.5. The Morgan fingerprint density at radius 3 is 2.08 bits per heavy atom. The van der Waals surface area contributed by atoms with Gasteiger partial charge in [-0.3, -0.25) is 15.4 Å². The lowest BCUT2D eigenvalue weighted by Crippen LogP contribution is -2.27. The number of nitro benzene ring substituents is 1. The summed E-state index contributed by atoms with van der Waals surface area (Å²) in [4.78, 5) is 21.4. The zero-order valence-corrected chi connectivity index (χ0v) is 15.5. The smallest absolute Gasteiger partial charge is 0.412 e. The van der Waals surface area contributed by atoms with Crippen LogP contribution in [0.5, 0.6) is 5.75 Å². The highest BCUT2D eigenvalue weighted by Gasteiger charge is 2.22. The molecule has 0 saturated carbocycles. The van der Waals surface area contributed by atoms with Crippen LogP contribution in [0.25, 0.3) is 0 Å². The summed E-state index contributed by atoms with van der Waals surface area (Å²) in [5, 5.41) is 13.0. The third kappa shape index (κ3) is 8.30. The van der Waals surface area contributed by atoms with Crippen LogP contribution in [0.15, 0.2) is 12.1 Å². The largest absolute Gasteiger partial charge is 0.494 e. The van der Waals surface area contributed by atoms with Crippen molar-refractivity contribution in [1.29, 1.82) is 0 Å². The molecule has 7 nitrogen and oxygen atoms in total. The molecule has 0 aliphatic carbocycles. The zero-order chi connectivity index (χ0) is 19.5. The van der Waals surface area contributed by atoms with Gasteiger partial charge in [-0.25, -0.2) is 4.79 Å². The molecule has 0 fully saturated rings. The molecular formula is C16H27FN2O5. The monoisotopic (exact) mass is 346 g/mol. The second-order valence-electron chi connectivity index (χ2n) is 4.89. The fraction of sp³-hybridized carbons (Fsp3) is 0.562. The maximum absolute atomic E-state index is 13.4. The molecule has 1 N–H and O–H groups in total. The van der Waals surface area contributed by atoms with Crippen LogP contribution < -0.4 is 10.1 Å². The number of amides is 1. The number of halogens is 1. The Bertz CT molecular complexity index is 542. The van der Waals surface area contributed by atoms with Crippen molar-refractivity contribution in [3.63, 3.8) is 0 Å². The maximum Gasteiger partial charge on any atom is 0.412 e. The average Bonchev–Trinajstić information content (AvgIpc) is 2.50. The van der Waals surface area contributed by atoms with Gasteiger partial charge in [-0.15, -0.1) is 0 Å². The minimum absolute atomic E-state index is 0.0426. The predicted molar refractivity (Wildman–Crippen MR) is 92.2 cm³/mol. The van der Waals surface area contributed by atoms with Crippen molar-refractivity contribution >= 4 is 17.5 Å². The number of rotatable bonds is 3. The number of nitrogens with zero attached hydrogens (tertiary/aromatic N) is 1. The first kappa shape index (κ1) is 23.9. The first-order valence-electron chi connectivity index (χ1n) is 7.66. The summed E-state index contributed by atoms with van der Waals surface area (Å²) in [5.74, 6) is -1.10. The molecule has 1 rings (SSSR count). The summed E-state index contributed by atoms with van der Waals surface area (Å²) < 4.78 is 23.3. The van der Waals surface area contributed by atoms with Gasteiger partial charge in [0.15, 0.2) is 0 Å². The van der Waals surface area contributed by atoms with E-state index < -0.39 is 28.1 Å². The van der Waals surface area contributed by atoms with Crippen LogP contribution in [0.4, 0.5) is 20.6 Å². The third-order valence-electron chi connectivity index (χ3n) is 2.10. The van der Waals surface area contributed by atoms with Gasteiger partial charge in [0, 0.05) is 12.1 Å². The van der Waals surface area contributed by atoms with Crippen LogP contribution in [0, 0.1) is 15.9 Å². The molecule has 8 heteroatoms. The molecule has 1 aromatic carbocycles. The average molecular weight is 346 g/mol. The van der Waals surface area contributed by atoms with Gasteiger partial charge < -0.3 is 9.47 Å². The molecule has 1 aromatic rings. The molecular weight excluding hydrogens is 319 g/mol. The molecule has 0 radical (unpaired) electrons. The first-order chi connectivity index (χ1) is 11.1. The van der Waals surface area contributed by atoms with Gasteiger partial charge in [-0.1, -0.05) is 27.7 Å². The highest BCUT2D eigenvalue weighted by Crippen LogP contribution is 2.32. The number of benzene rings is 1. The fourth-order valence-electron chi connectivity index (χ4n) is 1.36. The van der Waals surface area contributed by atoms with E-state index in [0.717, 1.165) is 12.1 Å². The van der Waals surface area contributed by atoms with E-state index in [-0.39, 0.29) is 11.4 Å². The van der Waals surface area contributed by atoms with Crippen molar-refractivity contribution in [2.24, 2.45) is 0 Å². The van der Waals surface area contributed by atoms with Gasteiger partial charge in [0.2, 0.25) is 5.82 Å². The molecule has 1 amide bonds. The van der Waals surface area contributed by atoms with Gasteiger partial charge in [0.05, 0.1) is 17.7 Å². The van der Waals surface area contributed by atoms with Gasteiger partial charge in [-0.2, -0.15) is 4.39 Å². The van der Waals surface area contributed by atoms with E-state index in [1.807, 2.05) is 27.7 Å². The summed E-state index contributed by atoms with van der Waals surface area (Å²) in [5.41, 5.74) is -1.55. The SMILES string of the molecule is CC.CC.COc1cc(F)c([N+](=O)[O-])cc1NC(=O)OC(C)(C)C. The quantitative estimate of drug-likeness (QED) is 0.604. The Balaban J connectivity index is 0. The van der Waals surface area contributed by atoms with Crippen molar-refractivity contribution in [2.45, 2.75) is 54.1 Å². The number of carbonyl (C=O) groups is 1. The predicted octanol–water partition coefficient (Wildman–Crippen LogP) is 5.14. The van der Waals surface area contributed by atoms with Crippen LogP contribution in [0.3, 0.4) is 0 Å². The van der Waals surface area contributed by atoms with Crippen molar-refractivity contribution in [2.75, 3.05) is 12.4 Å². The van der Waals surface area contributed by atoms with Crippen molar-refractivity contribution in [1.82, 2.24) is 0 Å². The number of carbonyl (C=O) groups excluding carboxylic acids is 1. The minimum Gasteiger partial charge on any atom is -0.494 e. The van der Waals surface area contributed by atoms with E-state index in [4.69, 9.17) is 9.47 Å². The van der Waals surface area contributed by atoms with Gasteiger partial charge >= 0.3 is 11.8 Å². The topological polar surface area (TPSA) is 90.7 Å². The Morgan fingerprint density at radius 2 is 1.71 bits per heavy atom. The van der Waals surface area contributed by atoms with Crippen molar-refractivity contribution in [3.8, 4) is 5.75 Å². The second kappa shape index (κ2) is 11.2. The van der Waals surface area contributed by atoms with Crippen LogP contribution in [0.1, 0.15) is 48.5 Å². The molecule has 0 bridgehead atoms. The molecule has 0 heterocycles. The van der Waals surface area contributed by atoms with Gasteiger partial charge in [0.1, 0.15) is 11.4 Å². The summed E-state index contributed by atoms with van der Waals surface area (Å²) in [6, 6.07) is 1.70. The van der Waals surface area contributed by atoms with E-state index in [9.17, 15) is 19.3 Å². The first-order valence-corrected chi connectivity index (χ1v) is 7.66. The molecule has 0 spiro atoms. The number of anilines is 1. The molecule has 0 saturated heterocycles. The summed E-state index contributed by atoms with van der Waals surface area (Å²) in [6.45, 7) is 13.0.